The summed E-state index contributed by atoms with van der Waals surface area (Å²) in [6.45, 7) is 4.45. The van der Waals surface area contributed by atoms with Crippen molar-refractivity contribution in [2.75, 3.05) is 5.73 Å². The van der Waals surface area contributed by atoms with E-state index in [-0.39, 0.29) is 0 Å². The van der Waals surface area contributed by atoms with Crippen LogP contribution in [0.1, 0.15) is 48.3 Å². The molecule has 0 bridgehead atoms. The van der Waals surface area contributed by atoms with Crippen molar-refractivity contribution in [2.24, 2.45) is 0 Å². The minimum atomic E-state index is 0.629. The van der Waals surface area contributed by atoms with Crippen molar-refractivity contribution in [1.29, 1.82) is 0 Å². The van der Waals surface area contributed by atoms with Gasteiger partial charge in [0, 0.05) is 15.4 Å². The Morgan fingerprint density at radius 3 is 2.58 bits per heavy atom. The van der Waals surface area contributed by atoms with Gasteiger partial charge in [-0.05, 0) is 30.7 Å². The number of nitrogen functional groups attached to an aromatic ring is 1. The number of anilines is 1. The van der Waals surface area contributed by atoms with Crippen molar-refractivity contribution >= 4 is 17.0 Å². The molecule has 0 aliphatic heterocycles. The Labute approximate surface area is 77.6 Å². The van der Waals surface area contributed by atoms with Gasteiger partial charge < -0.3 is 5.73 Å². The second kappa shape index (κ2) is 2.77. The molecule has 12 heavy (non-hydrogen) atoms. The molecule has 0 radical (unpaired) electrons. The van der Waals surface area contributed by atoms with Crippen LogP contribution in [0, 0.1) is 0 Å². The summed E-state index contributed by atoms with van der Waals surface area (Å²) in [6.07, 6.45) is 2.70. The van der Waals surface area contributed by atoms with Gasteiger partial charge in [-0.2, -0.15) is 0 Å². The summed E-state index contributed by atoms with van der Waals surface area (Å²) in [5.74, 6) is 1.44. The number of hydrogen-bond acceptors (Lipinski definition) is 2. The Balaban J connectivity index is 2.30. The van der Waals surface area contributed by atoms with Crippen LogP contribution < -0.4 is 5.73 Å². The zero-order valence-corrected chi connectivity index (χ0v) is 8.45. The topological polar surface area (TPSA) is 26.0 Å². The van der Waals surface area contributed by atoms with Crippen LogP contribution in [0.4, 0.5) is 5.69 Å². The summed E-state index contributed by atoms with van der Waals surface area (Å²) in [7, 11) is 0. The van der Waals surface area contributed by atoms with Crippen LogP contribution in [0.25, 0.3) is 0 Å². The van der Waals surface area contributed by atoms with Gasteiger partial charge in [0.15, 0.2) is 0 Å². The van der Waals surface area contributed by atoms with E-state index in [0.29, 0.717) is 5.92 Å². The molecule has 1 aliphatic rings. The minimum Gasteiger partial charge on any atom is -0.398 e. The van der Waals surface area contributed by atoms with E-state index < -0.39 is 0 Å². The van der Waals surface area contributed by atoms with Gasteiger partial charge in [-0.1, -0.05) is 13.8 Å². The van der Waals surface area contributed by atoms with Gasteiger partial charge in [0.25, 0.3) is 0 Å². The van der Waals surface area contributed by atoms with Crippen molar-refractivity contribution in [1.82, 2.24) is 0 Å². The maximum atomic E-state index is 5.93. The molecule has 66 valence electrons. The molecule has 1 fully saturated rings. The summed E-state index contributed by atoms with van der Waals surface area (Å²) < 4.78 is 0. The lowest BCUT2D eigenvalue weighted by molar-refractivity contribution is 0.890. The summed E-state index contributed by atoms with van der Waals surface area (Å²) in [5.41, 5.74) is 6.96. The molecule has 1 nitrogen and oxygen atoms in total. The lowest BCUT2D eigenvalue weighted by Crippen LogP contribution is -1.84. The number of hydrogen-bond donors (Lipinski definition) is 1. The Morgan fingerprint density at radius 1 is 1.50 bits per heavy atom. The first-order chi connectivity index (χ1) is 5.68. The molecule has 1 aliphatic carbocycles. The van der Waals surface area contributed by atoms with Crippen LogP contribution in [0.2, 0.25) is 0 Å². The first kappa shape index (κ1) is 8.11. The molecular formula is C10H15NS. The van der Waals surface area contributed by atoms with E-state index in [1.807, 2.05) is 11.3 Å². The smallest absolute Gasteiger partial charge is 0.0461 e. The highest BCUT2D eigenvalue weighted by atomic mass is 32.1. The predicted octanol–water partition coefficient (Wildman–Crippen LogP) is 3.33. The SMILES string of the molecule is CC(C)c1cc(N)c(C2CC2)s1. The quantitative estimate of drug-likeness (QED) is 0.744. The largest absolute Gasteiger partial charge is 0.398 e. The fourth-order valence-corrected chi connectivity index (χ4v) is 2.64. The second-order valence-electron chi connectivity index (χ2n) is 3.90. The monoisotopic (exact) mass is 181 g/mol. The van der Waals surface area contributed by atoms with Gasteiger partial charge in [-0.25, -0.2) is 0 Å². The normalized spacial score (nSPS) is 17.2. The molecule has 1 aromatic heterocycles. The molecule has 2 N–H and O–H groups in total. The van der Waals surface area contributed by atoms with E-state index in [1.54, 1.807) is 0 Å². The molecule has 0 saturated heterocycles. The number of nitrogens with two attached hydrogens (primary N) is 1. The van der Waals surface area contributed by atoms with Crippen LogP contribution in [0.15, 0.2) is 6.07 Å². The number of thiophene rings is 1. The van der Waals surface area contributed by atoms with Crippen LogP contribution in [-0.4, -0.2) is 0 Å². The third-order valence-electron chi connectivity index (χ3n) is 2.33. The fourth-order valence-electron chi connectivity index (χ4n) is 1.39. The van der Waals surface area contributed by atoms with Gasteiger partial charge >= 0.3 is 0 Å². The van der Waals surface area contributed by atoms with E-state index in [0.717, 1.165) is 11.6 Å². The van der Waals surface area contributed by atoms with E-state index >= 15 is 0 Å². The maximum absolute atomic E-state index is 5.93. The zero-order chi connectivity index (χ0) is 8.72. The molecule has 0 unspecified atom stereocenters. The van der Waals surface area contributed by atoms with Crippen molar-refractivity contribution in [3.8, 4) is 0 Å². The zero-order valence-electron chi connectivity index (χ0n) is 7.63. The molecule has 0 amide bonds. The van der Waals surface area contributed by atoms with Crippen molar-refractivity contribution in [3.05, 3.63) is 15.8 Å². The highest BCUT2D eigenvalue weighted by Gasteiger charge is 2.27. The molecule has 2 rings (SSSR count). The Kier molecular flexibility index (Phi) is 1.87. The first-order valence-corrected chi connectivity index (χ1v) is 5.39. The van der Waals surface area contributed by atoms with E-state index in [2.05, 4.69) is 19.9 Å². The molecule has 1 heterocycles. The van der Waals surface area contributed by atoms with Crippen LogP contribution in [0.3, 0.4) is 0 Å². The highest BCUT2D eigenvalue weighted by Crippen LogP contribution is 2.47. The first-order valence-electron chi connectivity index (χ1n) is 4.57. The van der Waals surface area contributed by atoms with Crippen LogP contribution in [-0.2, 0) is 0 Å². The van der Waals surface area contributed by atoms with E-state index in [4.69, 9.17) is 5.73 Å². The third kappa shape index (κ3) is 1.36. The average molecular weight is 181 g/mol. The summed E-state index contributed by atoms with van der Waals surface area (Å²) in [6, 6.07) is 2.16. The molecule has 0 atom stereocenters. The summed E-state index contributed by atoms with van der Waals surface area (Å²) in [4.78, 5) is 2.88. The summed E-state index contributed by atoms with van der Waals surface area (Å²) in [5, 5.41) is 0. The standard InChI is InChI=1S/C10H15NS/c1-6(2)9-5-8(11)10(12-9)7-3-4-7/h5-7H,3-4,11H2,1-2H3. The highest BCUT2D eigenvalue weighted by molar-refractivity contribution is 7.12. The Bertz CT molecular complexity index is 284. The molecule has 1 saturated carbocycles. The van der Waals surface area contributed by atoms with E-state index in [1.165, 1.54) is 22.6 Å². The van der Waals surface area contributed by atoms with Crippen molar-refractivity contribution in [2.45, 2.75) is 38.5 Å². The lowest BCUT2D eigenvalue weighted by Gasteiger charge is -1.96. The van der Waals surface area contributed by atoms with Gasteiger partial charge in [0.1, 0.15) is 0 Å². The maximum Gasteiger partial charge on any atom is 0.0461 e. The Hall–Kier alpha value is -0.500. The lowest BCUT2D eigenvalue weighted by atomic mass is 10.2. The molecule has 0 spiro atoms. The average Bonchev–Trinajstić information content (AvgIpc) is 2.75. The minimum absolute atomic E-state index is 0.629. The van der Waals surface area contributed by atoms with Gasteiger partial charge in [-0.3, -0.25) is 0 Å². The van der Waals surface area contributed by atoms with Gasteiger partial charge in [-0.15, -0.1) is 11.3 Å². The molecule has 2 heteroatoms. The number of rotatable bonds is 2. The van der Waals surface area contributed by atoms with Gasteiger partial charge in [0.05, 0.1) is 0 Å². The van der Waals surface area contributed by atoms with Crippen molar-refractivity contribution < 1.29 is 0 Å². The fraction of sp³-hybridized carbons (Fsp3) is 0.600. The summed E-state index contributed by atoms with van der Waals surface area (Å²) >= 11 is 1.91. The van der Waals surface area contributed by atoms with Crippen LogP contribution in [0.5, 0.6) is 0 Å². The molecule has 1 aromatic rings. The second-order valence-corrected chi connectivity index (χ2v) is 5.01. The molecule has 0 aromatic carbocycles. The molecular weight excluding hydrogens is 166 g/mol. The van der Waals surface area contributed by atoms with Crippen molar-refractivity contribution in [3.63, 3.8) is 0 Å². The van der Waals surface area contributed by atoms with Crippen LogP contribution >= 0.6 is 11.3 Å². The third-order valence-corrected chi connectivity index (χ3v) is 3.94. The van der Waals surface area contributed by atoms with Gasteiger partial charge in [0.2, 0.25) is 0 Å². The Morgan fingerprint density at radius 2 is 2.17 bits per heavy atom. The predicted molar refractivity (Wildman–Crippen MR) is 54.8 cm³/mol. The van der Waals surface area contributed by atoms with E-state index in [9.17, 15) is 0 Å².